The van der Waals surface area contributed by atoms with E-state index in [1.165, 1.54) is 5.56 Å². The molecular formula is C18H29N3O2. The highest BCUT2D eigenvalue weighted by Crippen LogP contribution is 2.39. The number of morpholine rings is 1. The first kappa shape index (κ1) is 16.8. The number of ether oxygens (including phenoxy) is 1. The maximum Gasteiger partial charge on any atom is 0.0849 e. The summed E-state index contributed by atoms with van der Waals surface area (Å²) in [5, 5.41) is 11.3. The van der Waals surface area contributed by atoms with Gasteiger partial charge >= 0.3 is 0 Å². The van der Waals surface area contributed by atoms with Crippen LogP contribution < -0.4 is 0 Å². The molecule has 128 valence electrons. The van der Waals surface area contributed by atoms with Crippen LogP contribution in [-0.4, -0.2) is 71.4 Å². The molecule has 0 aliphatic carbocycles. The van der Waals surface area contributed by atoms with Crippen molar-refractivity contribution in [2.24, 2.45) is 5.41 Å². The van der Waals surface area contributed by atoms with Crippen molar-refractivity contribution in [3.63, 3.8) is 0 Å². The minimum absolute atomic E-state index is 0.128. The Bertz CT molecular complexity index is 502. The van der Waals surface area contributed by atoms with Crippen molar-refractivity contribution in [3.05, 3.63) is 30.1 Å². The number of pyridine rings is 1. The number of rotatable bonds is 4. The molecule has 2 aliphatic heterocycles. The van der Waals surface area contributed by atoms with Crippen LogP contribution in [0.25, 0.3) is 0 Å². The summed E-state index contributed by atoms with van der Waals surface area (Å²) >= 11 is 0. The Morgan fingerprint density at radius 3 is 2.48 bits per heavy atom. The van der Waals surface area contributed by atoms with Gasteiger partial charge in [-0.1, -0.05) is 13.8 Å². The van der Waals surface area contributed by atoms with Crippen LogP contribution in [-0.2, 0) is 11.3 Å². The fraction of sp³-hybridized carbons (Fsp3) is 0.722. The normalized spacial score (nSPS) is 29.5. The Kier molecular flexibility index (Phi) is 5.01. The van der Waals surface area contributed by atoms with Crippen LogP contribution in [0.4, 0.5) is 0 Å². The third-order valence-corrected chi connectivity index (χ3v) is 5.46. The Labute approximate surface area is 139 Å². The van der Waals surface area contributed by atoms with Crippen molar-refractivity contribution in [1.82, 2.24) is 14.8 Å². The van der Waals surface area contributed by atoms with E-state index in [-0.39, 0.29) is 5.41 Å². The van der Waals surface area contributed by atoms with Crippen LogP contribution in [0.5, 0.6) is 0 Å². The molecule has 0 amide bonds. The number of likely N-dealkylation sites (tertiary alicyclic amines) is 1. The summed E-state index contributed by atoms with van der Waals surface area (Å²) in [6, 6.07) is 4.14. The summed E-state index contributed by atoms with van der Waals surface area (Å²) in [7, 11) is 0. The van der Waals surface area contributed by atoms with E-state index in [1.54, 1.807) is 0 Å². The van der Waals surface area contributed by atoms with Gasteiger partial charge in [0.25, 0.3) is 0 Å². The van der Waals surface area contributed by atoms with Gasteiger partial charge < -0.3 is 9.84 Å². The van der Waals surface area contributed by atoms with Gasteiger partial charge in [0.1, 0.15) is 0 Å². The first-order valence-corrected chi connectivity index (χ1v) is 8.62. The van der Waals surface area contributed by atoms with Gasteiger partial charge in [-0.25, -0.2) is 0 Å². The highest BCUT2D eigenvalue weighted by atomic mass is 16.5. The van der Waals surface area contributed by atoms with E-state index >= 15 is 0 Å². The van der Waals surface area contributed by atoms with E-state index in [2.05, 4.69) is 40.8 Å². The number of β-amino-alcohol motifs (C(OH)–C–C–N with tert-alkyl or cyclic N) is 1. The third-order valence-electron chi connectivity index (χ3n) is 5.46. The Balaban J connectivity index is 1.62. The van der Waals surface area contributed by atoms with Crippen molar-refractivity contribution in [2.75, 3.05) is 45.9 Å². The molecule has 0 radical (unpaired) electrons. The second kappa shape index (κ2) is 6.85. The number of hydrogen-bond acceptors (Lipinski definition) is 5. The summed E-state index contributed by atoms with van der Waals surface area (Å²) in [6.07, 6.45) is 4.51. The molecule has 0 spiro atoms. The van der Waals surface area contributed by atoms with Crippen LogP contribution in [0, 0.1) is 5.41 Å². The van der Waals surface area contributed by atoms with Crippen LogP contribution >= 0.6 is 0 Å². The smallest absolute Gasteiger partial charge is 0.0849 e. The molecule has 3 heterocycles. The Hall–Kier alpha value is -1.01. The van der Waals surface area contributed by atoms with Gasteiger partial charge in [0, 0.05) is 57.1 Å². The highest BCUT2D eigenvalue weighted by molar-refractivity contribution is 5.11. The number of nitrogens with zero attached hydrogens (tertiary/aromatic N) is 3. The molecule has 3 rings (SSSR count). The number of hydrogen-bond donors (Lipinski definition) is 1. The third kappa shape index (κ3) is 3.91. The van der Waals surface area contributed by atoms with Crippen LogP contribution in [0.3, 0.4) is 0 Å². The van der Waals surface area contributed by atoms with Gasteiger partial charge in [0.05, 0.1) is 18.8 Å². The zero-order valence-electron chi connectivity index (χ0n) is 14.4. The van der Waals surface area contributed by atoms with Crippen LogP contribution in [0.15, 0.2) is 24.5 Å². The molecule has 0 unspecified atom stereocenters. The van der Waals surface area contributed by atoms with E-state index in [4.69, 9.17) is 4.74 Å². The molecule has 5 nitrogen and oxygen atoms in total. The number of aliphatic hydroxyl groups is 1. The largest absolute Gasteiger partial charge is 0.388 e. The standard InChI is InChI=1S/C18H29N3O2/c1-17(2)14-21(13-16-3-6-19-7-4-16)8-5-18(17,22)15-20-9-11-23-12-10-20/h3-4,6-7,22H,5,8-15H2,1-2H3/t18-/m0/s1. The summed E-state index contributed by atoms with van der Waals surface area (Å²) in [6.45, 7) is 11.4. The molecule has 23 heavy (non-hydrogen) atoms. The van der Waals surface area contributed by atoms with Crippen molar-refractivity contribution in [2.45, 2.75) is 32.4 Å². The van der Waals surface area contributed by atoms with Crippen molar-refractivity contribution < 1.29 is 9.84 Å². The molecule has 1 aromatic heterocycles. The van der Waals surface area contributed by atoms with Crippen molar-refractivity contribution in [1.29, 1.82) is 0 Å². The first-order chi connectivity index (χ1) is 11.0. The van der Waals surface area contributed by atoms with E-state index in [0.29, 0.717) is 0 Å². The maximum atomic E-state index is 11.3. The predicted molar refractivity (Wildman–Crippen MR) is 90.1 cm³/mol. The Morgan fingerprint density at radius 2 is 1.83 bits per heavy atom. The molecule has 0 bridgehead atoms. The second-order valence-electron chi connectivity index (χ2n) is 7.62. The van der Waals surface area contributed by atoms with E-state index in [9.17, 15) is 5.11 Å². The number of piperidine rings is 1. The van der Waals surface area contributed by atoms with Gasteiger partial charge in [0.2, 0.25) is 0 Å². The van der Waals surface area contributed by atoms with Gasteiger partial charge in [0.15, 0.2) is 0 Å². The van der Waals surface area contributed by atoms with Gasteiger partial charge in [-0.3, -0.25) is 14.8 Å². The van der Waals surface area contributed by atoms with Crippen molar-refractivity contribution >= 4 is 0 Å². The second-order valence-corrected chi connectivity index (χ2v) is 7.62. The molecule has 5 heteroatoms. The summed E-state index contributed by atoms with van der Waals surface area (Å²) in [4.78, 5) is 8.88. The lowest BCUT2D eigenvalue weighted by molar-refractivity contribution is -0.140. The summed E-state index contributed by atoms with van der Waals surface area (Å²) in [5.41, 5.74) is 0.532. The molecule has 0 aromatic carbocycles. The zero-order valence-corrected chi connectivity index (χ0v) is 14.4. The predicted octanol–water partition coefficient (Wildman–Crippen LogP) is 1.38. The quantitative estimate of drug-likeness (QED) is 0.908. The maximum absolute atomic E-state index is 11.3. The lowest BCUT2D eigenvalue weighted by Gasteiger charge is -2.52. The van der Waals surface area contributed by atoms with Gasteiger partial charge in [-0.15, -0.1) is 0 Å². The topological polar surface area (TPSA) is 48.8 Å². The fourth-order valence-corrected chi connectivity index (χ4v) is 3.77. The Morgan fingerprint density at radius 1 is 1.13 bits per heavy atom. The lowest BCUT2D eigenvalue weighted by atomic mass is 9.69. The van der Waals surface area contributed by atoms with Gasteiger partial charge in [-0.05, 0) is 24.1 Å². The number of aromatic nitrogens is 1. The molecule has 2 fully saturated rings. The highest BCUT2D eigenvalue weighted by Gasteiger charge is 2.48. The van der Waals surface area contributed by atoms with Gasteiger partial charge in [-0.2, -0.15) is 0 Å². The monoisotopic (exact) mass is 319 g/mol. The molecule has 2 aliphatic rings. The van der Waals surface area contributed by atoms with Crippen molar-refractivity contribution in [3.8, 4) is 0 Å². The van der Waals surface area contributed by atoms with E-state index < -0.39 is 5.60 Å². The minimum atomic E-state index is -0.626. The first-order valence-electron chi connectivity index (χ1n) is 8.62. The minimum Gasteiger partial charge on any atom is -0.388 e. The molecular weight excluding hydrogens is 290 g/mol. The van der Waals surface area contributed by atoms with Crippen LogP contribution in [0.1, 0.15) is 25.8 Å². The molecule has 1 aromatic rings. The molecule has 0 saturated carbocycles. The van der Waals surface area contributed by atoms with E-state index in [0.717, 1.165) is 58.9 Å². The SMILES string of the molecule is CC1(C)CN(Cc2ccncc2)CC[C@]1(O)CN1CCOCC1. The average molecular weight is 319 g/mol. The fourth-order valence-electron chi connectivity index (χ4n) is 3.77. The lowest BCUT2D eigenvalue weighted by Crippen LogP contribution is -2.62. The molecule has 1 atom stereocenters. The zero-order chi connectivity index (χ0) is 16.3. The average Bonchev–Trinajstić information content (AvgIpc) is 2.53. The summed E-state index contributed by atoms with van der Waals surface area (Å²) in [5.74, 6) is 0. The molecule has 2 saturated heterocycles. The molecule has 1 N–H and O–H groups in total. The van der Waals surface area contributed by atoms with E-state index in [1.807, 2.05) is 12.4 Å². The van der Waals surface area contributed by atoms with Crippen LogP contribution in [0.2, 0.25) is 0 Å². The summed E-state index contributed by atoms with van der Waals surface area (Å²) < 4.78 is 5.42.